The number of carbonyl (C=O) groups is 1. The summed E-state index contributed by atoms with van der Waals surface area (Å²) in [5, 5.41) is 0.650. The third kappa shape index (κ3) is 4.05. The minimum atomic E-state index is -0.0772. The minimum absolute atomic E-state index is 0.0772. The zero-order valence-electron chi connectivity index (χ0n) is 15.5. The Morgan fingerprint density at radius 2 is 1.93 bits per heavy atom. The topological polar surface area (TPSA) is 60.4 Å². The minimum Gasteiger partial charge on any atom is -0.486 e. The summed E-state index contributed by atoms with van der Waals surface area (Å²) >= 11 is 1.36. The first-order valence-corrected chi connectivity index (χ1v) is 9.80. The van der Waals surface area contributed by atoms with Crippen LogP contribution in [0.15, 0.2) is 58.4 Å². The number of aliphatic imine (C=N–C) groups is 1. The molecule has 0 saturated carbocycles. The lowest BCUT2D eigenvalue weighted by molar-refractivity contribution is -0.122. The van der Waals surface area contributed by atoms with Crippen molar-refractivity contribution in [1.29, 1.82) is 0 Å². The van der Waals surface area contributed by atoms with Crippen LogP contribution in [0, 0.1) is 0 Å². The Balaban J connectivity index is 1.63. The van der Waals surface area contributed by atoms with Gasteiger partial charge in [-0.3, -0.25) is 9.69 Å². The normalized spacial score (nSPS) is 18.9. The van der Waals surface area contributed by atoms with Gasteiger partial charge in [0.1, 0.15) is 13.2 Å². The van der Waals surface area contributed by atoms with E-state index in [2.05, 4.69) is 4.99 Å². The van der Waals surface area contributed by atoms with Crippen LogP contribution in [-0.2, 0) is 9.53 Å². The van der Waals surface area contributed by atoms with Crippen molar-refractivity contribution >= 4 is 34.6 Å². The summed E-state index contributed by atoms with van der Waals surface area (Å²) < 4.78 is 16.3. The first-order chi connectivity index (χ1) is 13.7. The van der Waals surface area contributed by atoms with Crippen LogP contribution < -0.4 is 9.47 Å². The lowest BCUT2D eigenvalue weighted by Gasteiger charge is -2.18. The Morgan fingerprint density at radius 1 is 1.14 bits per heavy atom. The predicted molar refractivity (Wildman–Crippen MR) is 110 cm³/mol. The summed E-state index contributed by atoms with van der Waals surface area (Å²) in [5.41, 5.74) is 1.69. The van der Waals surface area contributed by atoms with E-state index in [1.165, 1.54) is 11.8 Å². The third-order valence-corrected chi connectivity index (χ3v) is 5.26. The monoisotopic (exact) mass is 396 g/mol. The van der Waals surface area contributed by atoms with E-state index in [4.69, 9.17) is 14.2 Å². The van der Waals surface area contributed by atoms with E-state index in [-0.39, 0.29) is 5.91 Å². The van der Waals surface area contributed by atoms with Crippen molar-refractivity contribution in [2.24, 2.45) is 4.99 Å². The van der Waals surface area contributed by atoms with E-state index < -0.39 is 0 Å². The van der Waals surface area contributed by atoms with Gasteiger partial charge in [-0.25, -0.2) is 4.99 Å². The van der Waals surface area contributed by atoms with Crippen LogP contribution >= 0.6 is 11.8 Å². The standard InChI is InChI=1S/C21H20N2O4S/c1-25-10-9-23-20(24)19(28-21(23)22-16-5-3-2-4-6-16)14-15-7-8-17-18(13-15)27-12-11-26-17/h2-8,13-14H,9-12H2,1H3. The number of amidine groups is 1. The number of benzene rings is 2. The molecule has 0 spiro atoms. The highest BCUT2D eigenvalue weighted by Gasteiger charge is 2.33. The molecule has 0 unspecified atom stereocenters. The average Bonchev–Trinajstić information content (AvgIpc) is 3.01. The molecule has 1 saturated heterocycles. The van der Waals surface area contributed by atoms with Gasteiger partial charge in [0.05, 0.1) is 23.7 Å². The summed E-state index contributed by atoms with van der Waals surface area (Å²) in [6.45, 7) is 1.97. The van der Waals surface area contributed by atoms with Crippen LogP contribution in [-0.4, -0.2) is 49.4 Å². The lowest BCUT2D eigenvalue weighted by atomic mass is 10.1. The van der Waals surface area contributed by atoms with Crippen molar-refractivity contribution in [2.45, 2.75) is 0 Å². The predicted octanol–water partition coefficient (Wildman–Crippen LogP) is 3.71. The van der Waals surface area contributed by atoms with Crippen molar-refractivity contribution in [3.8, 4) is 11.5 Å². The number of hydrogen-bond donors (Lipinski definition) is 0. The molecule has 2 aliphatic heterocycles. The molecule has 2 aromatic carbocycles. The zero-order chi connectivity index (χ0) is 19.3. The second-order valence-electron chi connectivity index (χ2n) is 6.19. The van der Waals surface area contributed by atoms with Gasteiger partial charge in [0, 0.05) is 7.11 Å². The number of nitrogens with zero attached hydrogens (tertiary/aromatic N) is 2. The summed E-state index contributed by atoms with van der Waals surface area (Å²) in [4.78, 5) is 19.9. The second kappa shape index (κ2) is 8.50. The highest BCUT2D eigenvalue weighted by molar-refractivity contribution is 8.18. The van der Waals surface area contributed by atoms with Crippen LogP contribution in [0.5, 0.6) is 11.5 Å². The van der Waals surface area contributed by atoms with Crippen LogP contribution in [0.2, 0.25) is 0 Å². The Morgan fingerprint density at radius 3 is 2.71 bits per heavy atom. The molecule has 2 heterocycles. The van der Waals surface area contributed by atoms with E-state index in [0.29, 0.717) is 42.2 Å². The van der Waals surface area contributed by atoms with Crippen LogP contribution in [0.1, 0.15) is 5.56 Å². The molecule has 4 rings (SSSR count). The number of thioether (sulfide) groups is 1. The fourth-order valence-corrected chi connectivity index (χ4v) is 3.91. The van der Waals surface area contributed by atoms with Crippen molar-refractivity contribution < 1.29 is 19.0 Å². The number of rotatable bonds is 5. The Labute approximate surface area is 167 Å². The summed E-state index contributed by atoms with van der Waals surface area (Å²) in [6, 6.07) is 15.3. The number of para-hydroxylation sites is 1. The van der Waals surface area contributed by atoms with E-state index in [1.54, 1.807) is 12.0 Å². The second-order valence-corrected chi connectivity index (χ2v) is 7.20. The summed E-state index contributed by atoms with van der Waals surface area (Å²) in [5.74, 6) is 1.35. The number of hydrogen-bond acceptors (Lipinski definition) is 6. The molecule has 6 nitrogen and oxygen atoms in total. The Hall–Kier alpha value is -2.77. The maximum atomic E-state index is 12.9. The lowest BCUT2D eigenvalue weighted by Crippen LogP contribution is -2.32. The van der Waals surface area contributed by atoms with Gasteiger partial charge in [0.2, 0.25) is 0 Å². The van der Waals surface area contributed by atoms with Gasteiger partial charge in [-0.15, -0.1) is 0 Å². The number of methoxy groups -OCH3 is 1. The first-order valence-electron chi connectivity index (χ1n) is 8.98. The summed E-state index contributed by atoms with van der Waals surface area (Å²) in [6.07, 6.45) is 1.86. The largest absolute Gasteiger partial charge is 0.486 e. The molecule has 1 amide bonds. The molecule has 1 fully saturated rings. The van der Waals surface area contributed by atoms with Crippen molar-refractivity contribution in [1.82, 2.24) is 4.90 Å². The van der Waals surface area contributed by atoms with Gasteiger partial charge in [0.25, 0.3) is 5.91 Å². The number of fused-ring (bicyclic) bond motifs is 1. The average molecular weight is 396 g/mol. The Bertz CT molecular complexity index is 927. The molecule has 0 aliphatic carbocycles. The fourth-order valence-electron chi connectivity index (χ4n) is 2.89. The van der Waals surface area contributed by atoms with Crippen LogP contribution in [0.4, 0.5) is 5.69 Å². The number of carbonyl (C=O) groups excluding carboxylic acids is 1. The molecule has 0 aromatic heterocycles. The van der Waals surface area contributed by atoms with E-state index in [9.17, 15) is 4.79 Å². The maximum absolute atomic E-state index is 12.9. The van der Waals surface area contributed by atoms with Gasteiger partial charge in [-0.05, 0) is 47.7 Å². The first kappa shape index (κ1) is 18.6. The summed E-state index contributed by atoms with van der Waals surface area (Å²) in [7, 11) is 1.62. The fraction of sp³-hybridized carbons (Fsp3) is 0.238. The van der Waals surface area contributed by atoms with Gasteiger partial charge in [0.15, 0.2) is 16.7 Å². The van der Waals surface area contributed by atoms with Crippen molar-refractivity contribution in [2.75, 3.05) is 33.5 Å². The molecule has 7 heteroatoms. The van der Waals surface area contributed by atoms with E-state index in [0.717, 1.165) is 17.0 Å². The molecule has 144 valence electrons. The molecular formula is C21H20N2O4S. The zero-order valence-corrected chi connectivity index (χ0v) is 16.3. The number of ether oxygens (including phenoxy) is 3. The molecule has 28 heavy (non-hydrogen) atoms. The van der Waals surface area contributed by atoms with E-state index >= 15 is 0 Å². The highest BCUT2D eigenvalue weighted by Crippen LogP contribution is 2.36. The maximum Gasteiger partial charge on any atom is 0.266 e. The molecule has 0 atom stereocenters. The van der Waals surface area contributed by atoms with Crippen LogP contribution in [0.3, 0.4) is 0 Å². The molecule has 0 bridgehead atoms. The molecule has 2 aromatic rings. The molecule has 2 aliphatic rings. The van der Waals surface area contributed by atoms with Gasteiger partial charge in [-0.2, -0.15) is 0 Å². The molecule has 0 N–H and O–H groups in total. The molecular weight excluding hydrogens is 376 g/mol. The van der Waals surface area contributed by atoms with Crippen LogP contribution in [0.25, 0.3) is 6.08 Å². The number of amides is 1. The van der Waals surface area contributed by atoms with Gasteiger partial charge < -0.3 is 14.2 Å². The smallest absolute Gasteiger partial charge is 0.266 e. The third-order valence-electron chi connectivity index (χ3n) is 4.25. The Kier molecular flexibility index (Phi) is 5.64. The molecule has 0 radical (unpaired) electrons. The van der Waals surface area contributed by atoms with Gasteiger partial charge >= 0.3 is 0 Å². The van der Waals surface area contributed by atoms with E-state index in [1.807, 2.05) is 54.6 Å². The van der Waals surface area contributed by atoms with Crippen molar-refractivity contribution in [3.63, 3.8) is 0 Å². The van der Waals surface area contributed by atoms with Crippen molar-refractivity contribution in [3.05, 3.63) is 59.0 Å². The van der Waals surface area contributed by atoms with Gasteiger partial charge in [-0.1, -0.05) is 24.3 Å². The SMILES string of the molecule is COCCN1C(=O)C(=Cc2ccc3c(c2)OCCO3)SC1=Nc1ccccc1. The quantitative estimate of drug-likeness (QED) is 0.721. The highest BCUT2D eigenvalue weighted by atomic mass is 32.2.